The van der Waals surface area contributed by atoms with E-state index in [0.29, 0.717) is 26.2 Å². The van der Waals surface area contributed by atoms with Crippen molar-refractivity contribution in [3.05, 3.63) is 0 Å². The Morgan fingerprint density at radius 2 is 2.31 bits per heavy atom. The molecule has 0 aromatic carbocycles. The molecule has 90 valence electrons. The van der Waals surface area contributed by atoms with Gasteiger partial charge in [-0.05, 0) is 20.3 Å². The summed E-state index contributed by atoms with van der Waals surface area (Å²) >= 11 is 0. The van der Waals surface area contributed by atoms with E-state index in [1.54, 1.807) is 4.90 Å². The van der Waals surface area contributed by atoms with Gasteiger partial charge in [-0.3, -0.25) is 4.79 Å². The summed E-state index contributed by atoms with van der Waals surface area (Å²) in [6, 6.07) is 2.11. The summed E-state index contributed by atoms with van der Waals surface area (Å²) in [7, 11) is 0. The lowest BCUT2D eigenvalue weighted by Gasteiger charge is -2.42. The number of ether oxygens (including phenoxy) is 1. The molecule has 1 amide bonds. The third-order valence-electron chi connectivity index (χ3n) is 2.94. The highest BCUT2D eigenvalue weighted by Gasteiger charge is 2.36. The van der Waals surface area contributed by atoms with E-state index in [1.165, 1.54) is 0 Å². The van der Waals surface area contributed by atoms with Crippen LogP contribution in [-0.4, -0.2) is 36.1 Å². The Kier molecular flexibility index (Phi) is 4.31. The zero-order valence-electron chi connectivity index (χ0n) is 10.3. The van der Waals surface area contributed by atoms with Crippen LogP contribution in [0.1, 0.15) is 33.6 Å². The average molecular weight is 224 g/mol. The Morgan fingerprint density at radius 1 is 1.62 bits per heavy atom. The molecule has 0 radical (unpaired) electrons. The molecule has 4 heteroatoms. The van der Waals surface area contributed by atoms with Crippen molar-refractivity contribution in [2.24, 2.45) is 5.92 Å². The predicted molar refractivity (Wildman–Crippen MR) is 60.6 cm³/mol. The van der Waals surface area contributed by atoms with E-state index in [1.807, 2.05) is 20.8 Å². The van der Waals surface area contributed by atoms with Gasteiger partial charge in [0.1, 0.15) is 5.92 Å². The van der Waals surface area contributed by atoms with Crippen molar-refractivity contribution in [3.8, 4) is 6.07 Å². The molecule has 1 rings (SSSR count). The van der Waals surface area contributed by atoms with Gasteiger partial charge in [-0.2, -0.15) is 5.26 Å². The smallest absolute Gasteiger partial charge is 0.240 e. The molecule has 0 saturated carbocycles. The maximum atomic E-state index is 12.2. The van der Waals surface area contributed by atoms with Crippen LogP contribution in [0.3, 0.4) is 0 Å². The maximum absolute atomic E-state index is 12.2. The third-order valence-corrected chi connectivity index (χ3v) is 2.94. The monoisotopic (exact) mass is 224 g/mol. The number of hydrogen-bond donors (Lipinski definition) is 0. The van der Waals surface area contributed by atoms with E-state index in [9.17, 15) is 4.79 Å². The van der Waals surface area contributed by atoms with Gasteiger partial charge in [0.25, 0.3) is 0 Å². The molecule has 0 spiro atoms. The molecule has 4 nitrogen and oxygen atoms in total. The first kappa shape index (κ1) is 13.0. The minimum atomic E-state index is -0.498. The Bertz CT molecular complexity index is 294. The molecule has 1 atom stereocenters. The molecule has 1 saturated heterocycles. The van der Waals surface area contributed by atoms with Crippen LogP contribution < -0.4 is 0 Å². The standard InChI is InChI=1S/C12H20N2O2/c1-4-5-10(8-13)11(15)14-6-7-16-9-12(14,2)3/h10H,4-7,9H2,1-3H3. The average Bonchev–Trinajstić information content (AvgIpc) is 2.24. The number of rotatable bonds is 3. The molecule has 0 aromatic heterocycles. The van der Waals surface area contributed by atoms with Crippen LogP contribution in [0.4, 0.5) is 0 Å². The highest BCUT2D eigenvalue weighted by atomic mass is 16.5. The van der Waals surface area contributed by atoms with Crippen molar-refractivity contribution in [3.63, 3.8) is 0 Å². The van der Waals surface area contributed by atoms with Gasteiger partial charge in [0.2, 0.25) is 5.91 Å². The number of amides is 1. The predicted octanol–water partition coefficient (Wildman–Crippen LogP) is 1.56. The molecule has 1 fully saturated rings. The lowest BCUT2D eigenvalue weighted by molar-refractivity contribution is -0.149. The van der Waals surface area contributed by atoms with Gasteiger partial charge in [-0.1, -0.05) is 13.3 Å². The molecule has 0 aliphatic carbocycles. The summed E-state index contributed by atoms with van der Waals surface area (Å²) in [6.07, 6.45) is 1.50. The lowest BCUT2D eigenvalue weighted by Crippen LogP contribution is -2.56. The molecule has 1 aliphatic heterocycles. The van der Waals surface area contributed by atoms with E-state index in [4.69, 9.17) is 10.00 Å². The molecule has 0 aromatic rings. The van der Waals surface area contributed by atoms with Crippen molar-refractivity contribution in [1.82, 2.24) is 4.90 Å². The van der Waals surface area contributed by atoms with Crippen molar-refractivity contribution in [1.29, 1.82) is 5.26 Å². The van der Waals surface area contributed by atoms with Crippen LogP contribution in [0.2, 0.25) is 0 Å². The Morgan fingerprint density at radius 3 is 2.81 bits per heavy atom. The Balaban J connectivity index is 2.75. The molecular formula is C12H20N2O2. The van der Waals surface area contributed by atoms with Gasteiger partial charge >= 0.3 is 0 Å². The SMILES string of the molecule is CCCC(C#N)C(=O)N1CCOCC1(C)C. The van der Waals surface area contributed by atoms with E-state index >= 15 is 0 Å². The van der Waals surface area contributed by atoms with Crippen LogP contribution in [0.5, 0.6) is 0 Å². The molecule has 1 unspecified atom stereocenters. The summed E-state index contributed by atoms with van der Waals surface area (Å²) in [5.74, 6) is -0.542. The van der Waals surface area contributed by atoms with Crippen LogP contribution >= 0.6 is 0 Å². The topological polar surface area (TPSA) is 53.3 Å². The highest BCUT2D eigenvalue weighted by Crippen LogP contribution is 2.22. The van der Waals surface area contributed by atoms with E-state index < -0.39 is 5.92 Å². The second kappa shape index (κ2) is 5.31. The summed E-state index contributed by atoms with van der Waals surface area (Å²) in [5, 5.41) is 9.00. The summed E-state index contributed by atoms with van der Waals surface area (Å²) < 4.78 is 5.36. The maximum Gasteiger partial charge on any atom is 0.240 e. The molecule has 1 aliphatic rings. The van der Waals surface area contributed by atoms with Gasteiger partial charge in [0.05, 0.1) is 24.8 Å². The summed E-state index contributed by atoms with van der Waals surface area (Å²) in [4.78, 5) is 14.0. The lowest BCUT2D eigenvalue weighted by atomic mass is 9.97. The fourth-order valence-corrected chi connectivity index (χ4v) is 1.99. The number of morpholine rings is 1. The summed E-state index contributed by atoms with van der Waals surface area (Å²) in [5.41, 5.74) is -0.293. The minimum Gasteiger partial charge on any atom is -0.377 e. The van der Waals surface area contributed by atoms with Gasteiger partial charge < -0.3 is 9.64 Å². The van der Waals surface area contributed by atoms with Crippen molar-refractivity contribution < 1.29 is 9.53 Å². The van der Waals surface area contributed by atoms with E-state index in [-0.39, 0.29) is 11.4 Å². The third kappa shape index (κ3) is 2.73. The van der Waals surface area contributed by atoms with Crippen LogP contribution in [0.25, 0.3) is 0 Å². The highest BCUT2D eigenvalue weighted by molar-refractivity contribution is 5.82. The van der Waals surface area contributed by atoms with Crippen LogP contribution in [0.15, 0.2) is 0 Å². The minimum absolute atomic E-state index is 0.0438. The second-order valence-corrected chi connectivity index (χ2v) is 4.83. The second-order valence-electron chi connectivity index (χ2n) is 4.83. The van der Waals surface area contributed by atoms with E-state index in [0.717, 1.165) is 6.42 Å². The normalized spacial score (nSPS) is 21.2. The molecule has 16 heavy (non-hydrogen) atoms. The van der Waals surface area contributed by atoms with Gasteiger partial charge in [0.15, 0.2) is 0 Å². The zero-order chi connectivity index (χ0) is 12.2. The number of nitriles is 1. The first-order chi connectivity index (χ1) is 7.53. The first-order valence-electron chi connectivity index (χ1n) is 5.81. The van der Waals surface area contributed by atoms with Crippen molar-refractivity contribution in [2.75, 3.05) is 19.8 Å². The molecule has 0 bridgehead atoms. The van der Waals surface area contributed by atoms with Crippen LogP contribution in [-0.2, 0) is 9.53 Å². The zero-order valence-corrected chi connectivity index (χ0v) is 10.3. The van der Waals surface area contributed by atoms with E-state index in [2.05, 4.69) is 6.07 Å². The first-order valence-corrected chi connectivity index (χ1v) is 5.81. The fourth-order valence-electron chi connectivity index (χ4n) is 1.99. The quantitative estimate of drug-likeness (QED) is 0.731. The van der Waals surface area contributed by atoms with Crippen molar-refractivity contribution in [2.45, 2.75) is 39.2 Å². The number of carbonyl (C=O) groups is 1. The van der Waals surface area contributed by atoms with Gasteiger partial charge in [-0.25, -0.2) is 0 Å². The molecule has 1 heterocycles. The fraction of sp³-hybridized carbons (Fsp3) is 0.833. The Hall–Kier alpha value is -1.08. The van der Waals surface area contributed by atoms with Crippen LogP contribution in [0, 0.1) is 17.2 Å². The van der Waals surface area contributed by atoms with Gasteiger partial charge in [-0.15, -0.1) is 0 Å². The number of nitrogens with zero attached hydrogens (tertiary/aromatic N) is 2. The largest absolute Gasteiger partial charge is 0.377 e. The summed E-state index contributed by atoms with van der Waals surface area (Å²) in [6.45, 7) is 7.65. The Labute approximate surface area is 97.2 Å². The molecule has 0 N–H and O–H groups in total. The number of carbonyl (C=O) groups excluding carboxylic acids is 1. The number of hydrogen-bond acceptors (Lipinski definition) is 3. The van der Waals surface area contributed by atoms with Gasteiger partial charge in [0, 0.05) is 6.54 Å². The van der Waals surface area contributed by atoms with Crippen molar-refractivity contribution >= 4 is 5.91 Å². The molecular weight excluding hydrogens is 204 g/mol.